The number of pyridine rings is 1. The van der Waals surface area contributed by atoms with Gasteiger partial charge in [0.15, 0.2) is 0 Å². The number of rotatable bonds is 4. The van der Waals surface area contributed by atoms with Gasteiger partial charge in [-0.05, 0) is 56.3 Å². The van der Waals surface area contributed by atoms with E-state index in [-0.39, 0.29) is 0 Å². The highest BCUT2D eigenvalue weighted by Gasteiger charge is 2.14. The summed E-state index contributed by atoms with van der Waals surface area (Å²) in [5, 5.41) is 14.7. The number of phenolic OH excluding ortho intramolecular Hbond substituents is 1. The van der Waals surface area contributed by atoms with Gasteiger partial charge < -0.3 is 10.4 Å². The van der Waals surface area contributed by atoms with Crippen molar-refractivity contribution < 1.29 is 5.11 Å². The van der Waals surface area contributed by atoms with Crippen LogP contribution < -0.4 is 5.32 Å². The summed E-state index contributed by atoms with van der Waals surface area (Å²) in [6.45, 7) is 3.04. The van der Waals surface area contributed by atoms with E-state index in [0.29, 0.717) is 5.75 Å². The maximum atomic E-state index is 10.2. The summed E-state index contributed by atoms with van der Waals surface area (Å²) in [6.07, 6.45) is 4.32. The largest absolute Gasteiger partial charge is 0.508 e. The highest BCUT2D eigenvalue weighted by atomic mass is 16.3. The molecule has 4 rings (SSSR count). The summed E-state index contributed by atoms with van der Waals surface area (Å²) in [5.74, 6) is 0.368. The lowest BCUT2D eigenvalue weighted by Gasteiger charge is -2.17. The van der Waals surface area contributed by atoms with Crippen molar-refractivity contribution in [3.63, 3.8) is 0 Å². The van der Waals surface area contributed by atoms with Gasteiger partial charge in [-0.1, -0.05) is 18.2 Å². The van der Waals surface area contributed by atoms with Crippen LogP contribution in [-0.2, 0) is 6.54 Å². The number of aromatic nitrogens is 1. The van der Waals surface area contributed by atoms with Gasteiger partial charge in [0.1, 0.15) is 5.75 Å². The van der Waals surface area contributed by atoms with Crippen molar-refractivity contribution in [1.29, 1.82) is 0 Å². The number of anilines is 2. The van der Waals surface area contributed by atoms with E-state index in [0.717, 1.165) is 47.5 Å². The molecule has 1 fully saturated rings. The number of nitrogens with one attached hydrogen (secondary N) is 1. The molecule has 4 nitrogen and oxygen atoms in total. The quantitative estimate of drug-likeness (QED) is 0.705. The van der Waals surface area contributed by atoms with Crippen LogP contribution in [-0.4, -0.2) is 28.1 Å². The van der Waals surface area contributed by atoms with Crippen LogP contribution in [0, 0.1) is 0 Å². The molecule has 0 aliphatic carbocycles. The molecule has 0 radical (unpaired) electrons. The number of benzene rings is 2. The van der Waals surface area contributed by atoms with Gasteiger partial charge in [0.25, 0.3) is 0 Å². The lowest BCUT2D eigenvalue weighted by molar-refractivity contribution is 0.324. The molecule has 122 valence electrons. The van der Waals surface area contributed by atoms with Crippen LogP contribution in [0.25, 0.3) is 10.9 Å². The third kappa shape index (κ3) is 3.05. The maximum absolute atomic E-state index is 10.2. The molecule has 2 N–H and O–H groups in total. The van der Waals surface area contributed by atoms with E-state index < -0.39 is 0 Å². The number of phenols is 1. The topological polar surface area (TPSA) is 48.4 Å². The van der Waals surface area contributed by atoms with Crippen LogP contribution in [0.4, 0.5) is 11.4 Å². The lowest BCUT2D eigenvalue weighted by atomic mass is 10.1. The third-order valence-corrected chi connectivity index (χ3v) is 4.60. The van der Waals surface area contributed by atoms with E-state index in [4.69, 9.17) is 0 Å². The Balaban J connectivity index is 1.62. The Labute approximate surface area is 141 Å². The van der Waals surface area contributed by atoms with Gasteiger partial charge in [0, 0.05) is 35.1 Å². The fourth-order valence-corrected chi connectivity index (χ4v) is 3.33. The average molecular weight is 319 g/mol. The molecule has 2 aromatic carbocycles. The molecule has 0 atom stereocenters. The molecule has 0 saturated carbocycles. The summed E-state index contributed by atoms with van der Waals surface area (Å²) in [4.78, 5) is 6.79. The maximum Gasteiger partial charge on any atom is 0.120 e. The first kappa shape index (κ1) is 15.0. The average Bonchev–Trinajstić information content (AvgIpc) is 3.11. The molecule has 0 amide bonds. The van der Waals surface area contributed by atoms with Crippen LogP contribution in [0.15, 0.2) is 54.7 Å². The number of aromatic hydroxyl groups is 1. The first-order valence-electron chi connectivity index (χ1n) is 8.45. The van der Waals surface area contributed by atoms with Crippen LogP contribution in [0.3, 0.4) is 0 Å². The Kier molecular flexibility index (Phi) is 4.05. The van der Waals surface area contributed by atoms with Gasteiger partial charge in [-0.25, -0.2) is 0 Å². The van der Waals surface area contributed by atoms with Crippen LogP contribution in [0.2, 0.25) is 0 Å². The Morgan fingerprint density at radius 2 is 1.88 bits per heavy atom. The minimum atomic E-state index is 0.368. The zero-order valence-corrected chi connectivity index (χ0v) is 13.6. The molecular formula is C20H21N3O. The van der Waals surface area contributed by atoms with Crippen molar-refractivity contribution in [2.24, 2.45) is 0 Å². The van der Waals surface area contributed by atoms with E-state index in [2.05, 4.69) is 21.3 Å². The van der Waals surface area contributed by atoms with Gasteiger partial charge in [-0.15, -0.1) is 0 Å². The number of likely N-dealkylation sites (tertiary alicyclic amines) is 1. The van der Waals surface area contributed by atoms with Crippen molar-refractivity contribution in [1.82, 2.24) is 9.88 Å². The van der Waals surface area contributed by atoms with Gasteiger partial charge in [-0.2, -0.15) is 0 Å². The first-order chi connectivity index (χ1) is 11.8. The summed E-state index contributed by atoms with van der Waals surface area (Å²) in [7, 11) is 0. The molecule has 0 bridgehead atoms. The molecule has 0 spiro atoms. The van der Waals surface area contributed by atoms with Crippen LogP contribution >= 0.6 is 0 Å². The third-order valence-electron chi connectivity index (χ3n) is 4.60. The van der Waals surface area contributed by atoms with Crippen LogP contribution in [0.1, 0.15) is 18.4 Å². The van der Waals surface area contributed by atoms with Crippen LogP contribution in [0.5, 0.6) is 5.75 Å². The number of hydrogen-bond acceptors (Lipinski definition) is 4. The Hall–Kier alpha value is -2.59. The van der Waals surface area contributed by atoms with Gasteiger partial charge in [0.2, 0.25) is 0 Å². The van der Waals surface area contributed by atoms with Crippen molar-refractivity contribution in [2.75, 3.05) is 18.4 Å². The number of fused-ring (bicyclic) bond motifs is 1. The standard InChI is InChI=1S/C20H21N3O/c24-20-8-7-16(13-15(20)14-23-11-3-4-12-23)22-19-9-10-21-18-6-2-1-5-17(18)19/h1-2,5-10,13,24H,3-4,11-12,14H2,(H,21,22). The zero-order valence-electron chi connectivity index (χ0n) is 13.6. The van der Waals surface area contributed by atoms with E-state index in [9.17, 15) is 5.11 Å². The SMILES string of the molecule is Oc1ccc(Nc2ccnc3ccccc23)cc1CN1CCCC1. The van der Waals surface area contributed by atoms with Gasteiger partial charge in [0.05, 0.1) is 5.52 Å². The van der Waals surface area contributed by atoms with E-state index in [1.165, 1.54) is 12.8 Å². The van der Waals surface area contributed by atoms with Crippen molar-refractivity contribution in [3.05, 3.63) is 60.3 Å². The monoisotopic (exact) mass is 319 g/mol. The second kappa shape index (κ2) is 6.49. The molecule has 0 unspecified atom stereocenters. The highest BCUT2D eigenvalue weighted by Crippen LogP contribution is 2.29. The van der Waals surface area contributed by atoms with Gasteiger partial charge in [-0.3, -0.25) is 9.88 Å². The van der Waals surface area contributed by atoms with E-state index in [1.54, 1.807) is 6.07 Å². The highest BCUT2D eigenvalue weighted by molar-refractivity contribution is 5.92. The van der Waals surface area contributed by atoms with Crippen molar-refractivity contribution in [2.45, 2.75) is 19.4 Å². The second-order valence-corrected chi connectivity index (χ2v) is 6.33. The molecule has 1 saturated heterocycles. The molecule has 3 aromatic rings. The summed E-state index contributed by atoms with van der Waals surface area (Å²) < 4.78 is 0. The molecule has 4 heteroatoms. The molecule has 1 aliphatic heterocycles. The van der Waals surface area contributed by atoms with Crippen molar-refractivity contribution >= 4 is 22.3 Å². The Morgan fingerprint density at radius 1 is 1.04 bits per heavy atom. The molecular weight excluding hydrogens is 298 g/mol. The van der Waals surface area contributed by atoms with E-state index in [1.807, 2.05) is 42.6 Å². The normalized spacial score (nSPS) is 15.0. The first-order valence-corrected chi connectivity index (χ1v) is 8.45. The predicted molar refractivity (Wildman–Crippen MR) is 97.6 cm³/mol. The zero-order chi connectivity index (χ0) is 16.4. The fraction of sp³-hybridized carbons (Fsp3) is 0.250. The molecule has 24 heavy (non-hydrogen) atoms. The Morgan fingerprint density at radius 3 is 2.75 bits per heavy atom. The summed E-state index contributed by atoms with van der Waals surface area (Å²) >= 11 is 0. The Bertz CT molecular complexity index is 851. The summed E-state index contributed by atoms with van der Waals surface area (Å²) in [6, 6.07) is 15.8. The number of para-hydroxylation sites is 1. The van der Waals surface area contributed by atoms with Gasteiger partial charge >= 0.3 is 0 Å². The second-order valence-electron chi connectivity index (χ2n) is 6.33. The molecule has 1 aliphatic rings. The number of hydrogen-bond donors (Lipinski definition) is 2. The predicted octanol–water partition coefficient (Wildman–Crippen LogP) is 4.28. The number of nitrogens with zero attached hydrogens (tertiary/aromatic N) is 2. The minimum Gasteiger partial charge on any atom is -0.508 e. The molecule has 1 aromatic heterocycles. The van der Waals surface area contributed by atoms with E-state index >= 15 is 0 Å². The minimum absolute atomic E-state index is 0.368. The summed E-state index contributed by atoms with van der Waals surface area (Å²) in [5.41, 5.74) is 3.95. The fourth-order valence-electron chi connectivity index (χ4n) is 3.33. The van der Waals surface area contributed by atoms with Crippen molar-refractivity contribution in [3.8, 4) is 5.75 Å². The molecule has 2 heterocycles. The smallest absolute Gasteiger partial charge is 0.120 e. The lowest BCUT2D eigenvalue weighted by Crippen LogP contribution is -2.18.